The molecule has 0 N–H and O–H groups in total. The van der Waals surface area contributed by atoms with Gasteiger partial charge in [-0.25, -0.2) is 0 Å². The van der Waals surface area contributed by atoms with Crippen LogP contribution in [-0.2, 0) is 0 Å². The Morgan fingerprint density at radius 3 is 2.77 bits per heavy atom. The Balaban J connectivity index is 3.06. The highest BCUT2D eigenvalue weighted by Crippen LogP contribution is 2.11. The zero-order valence-corrected chi connectivity index (χ0v) is 8.21. The van der Waals surface area contributed by atoms with E-state index in [1.807, 2.05) is 37.3 Å². The molecule has 1 aromatic carbocycles. The summed E-state index contributed by atoms with van der Waals surface area (Å²) in [5.74, 6) is 0.464. The van der Waals surface area contributed by atoms with Gasteiger partial charge in [-0.15, -0.1) is 11.6 Å². The van der Waals surface area contributed by atoms with Crippen LogP contribution in [0.4, 0.5) is 0 Å². The lowest BCUT2D eigenvalue weighted by molar-refractivity contribution is 0.112. The molecule has 0 fully saturated rings. The Bertz CT molecular complexity index is 329. The normalized spacial score (nSPS) is 10.6. The van der Waals surface area contributed by atoms with E-state index in [1.165, 1.54) is 0 Å². The second-order valence-electron chi connectivity index (χ2n) is 2.81. The number of carbonyl (C=O) groups is 1. The van der Waals surface area contributed by atoms with Gasteiger partial charge in [0.25, 0.3) is 0 Å². The van der Waals surface area contributed by atoms with Gasteiger partial charge in [0.2, 0.25) is 0 Å². The summed E-state index contributed by atoms with van der Waals surface area (Å²) in [5, 5.41) is 0. The predicted octanol–water partition coefficient (Wildman–Crippen LogP) is 3.06. The number of halogens is 1. The van der Waals surface area contributed by atoms with E-state index in [0.29, 0.717) is 11.4 Å². The smallest absolute Gasteiger partial charge is 0.150 e. The van der Waals surface area contributed by atoms with Crippen LogP contribution in [0.15, 0.2) is 24.3 Å². The summed E-state index contributed by atoms with van der Waals surface area (Å²) in [4.78, 5) is 10.7. The van der Waals surface area contributed by atoms with Crippen molar-refractivity contribution in [2.24, 2.45) is 0 Å². The van der Waals surface area contributed by atoms with Crippen LogP contribution >= 0.6 is 11.6 Å². The number of benzene rings is 1. The Morgan fingerprint density at radius 2 is 2.15 bits per heavy atom. The summed E-state index contributed by atoms with van der Waals surface area (Å²) >= 11 is 5.50. The van der Waals surface area contributed by atoms with E-state index >= 15 is 0 Å². The molecule has 1 rings (SSSR count). The lowest BCUT2D eigenvalue weighted by Crippen LogP contribution is -1.87. The number of aldehydes is 1. The molecule has 0 amide bonds. The van der Waals surface area contributed by atoms with Gasteiger partial charge in [-0.05, 0) is 18.6 Å². The molecule has 0 aliphatic carbocycles. The van der Waals surface area contributed by atoms with E-state index in [0.717, 1.165) is 17.4 Å². The van der Waals surface area contributed by atoms with Gasteiger partial charge in [-0.2, -0.15) is 0 Å². The van der Waals surface area contributed by atoms with Crippen molar-refractivity contribution in [2.45, 2.75) is 6.92 Å². The van der Waals surface area contributed by atoms with Crippen molar-refractivity contribution in [1.29, 1.82) is 0 Å². The fourth-order valence-corrected chi connectivity index (χ4v) is 1.21. The third-order valence-electron chi connectivity index (χ3n) is 1.76. The Kier molecular flexibility index (Phi) is 3.71. The van der Waals surface area contributed by atoms with Crippen molar-refractivity contribution >= 4 is 24.0 Å². The largest absolute Gasteiger partial charge is 0.298 e. The monoisotopic (exact) mass is 194 g/mol. The number of hydrogen-bond acceptors (Lipinski definition) is 1. The van der Waals surface area contributed by atoms with Crippen LogP contribution in [0.5, 0.6) is 0 Å². The zero-order valence-electron chi connectivity index (χ0n) is 7.46. The highest BCUT2D eigenvalue weighted by atomic mass is 35.5. The molecule has 68 valence electrons. The van der Waals surface area contributed by atoms with Crippen LogP contribution in [0.3, 0.4) is 0 Å². The number of alkyl halides is 1. The van der Waals surface area contributed by atoms with E-state index in [9.17, 15) is 4.79 Å². The van der Waals surface area contributed by atoms with Crippen molar-refractivity contribution in [1.82, 2.24) is 0 Å². The second-order valence-corrected chi connectivity index (χ2v) is 3.12. The van der Waals surface area contributed by atoms with Crippen molar-refractivity contribution in [3.8, 4) is 0 Å². The number of aryl methyl sites for hydroxylation is 1. The minimum absolute atomic E-state index is 0.464. The molecule has 0 saturated heterocycles. The maximum absolute atomic E-state index is 10.7. The summed E-state index contributed by atoms with van der Waals surface area (Å²) < 4.78 is 0. The number of allylic oxidation sites excluding steroid dienone is 1. The van der Waals surface area contributed by atoms with Crippen LogP contribution in [0, 0.1) is 6.92 Å². The number of hydrogen-bond donors (Lipinski definition) is 0. The molecule has 0 aliphatic heterocycles. The SMILES string of the molecule is Cc1ccc(C=CCCl)c(C=O)c1. The molecule has 0 heterocycles. The first kappa shape index (κ1) is 10.0. The van der Waals surface area contributed by atoms with Gasteiger partial charge >= 0.3 is 0 Å². The topological polar surface area (TPSA) is 17.1 Å². The fourth-order valence-electron chi connectivity index (χ4n) is 1.12. The standard InChI is InChI=1S/C11H11ClO/c1-9-4-5-10(3-2-6-12)11(7-9)8-13/h2-5,7-8H,6H2,1H3. The van der Waals surface area contributed by atoms with E-state index < -0.39 is 0 Å². The third-order valence-corrected chi connectivity index (χ3v) is 1.93. The molecule has 0 unspecified atom stereocenters. The van der Waals surface area contributed by atoms with Crippen LogP contribution < -0.4 is 0 Å². The molecule has 0 saturated carbocycles. The minimum atomic E-state index is 0.464. The Hall–Kier alpha value is -1.08. The lowest BCUT2D eigenvalue weighted by Gasteiger charge is -1.99. The number of rotatable bonds is 3. The molecule has 0 spiro atoms. The van der Waals surface area contributed by atoms with Gasteiger partial charge in [0.15, 0.2) is 6.29 Å². The quantitative estimate of drug-likeness (QED) is 0.534. The first-order valence-corrected chi connectivity index (χ1v) is 4.59. The average Bonchev–Trinajstić information content (AvgIpc) is 2.16. The third kappa shape index (κ3) is 2.71. The van der Waals surface area contributed by atoms with Crippen LogP contribution in [-0.4, -0.2) is 12.2 Å². The highest BCUT2D eigenvalue weighted by molar-refractivity contribution is 6.19. The van der Waals surface area contributed by atoms with Crippen molar-refractivity contribution in [2.75, 3.05) is 5.88 Å². The van der Waals surface area contributed by atoms with Crippen LogP contribution in [0.1, 0.15) is 21.5 Å². The van der Waals surface area contributed by atoms with Gasteiger partial charge in [-0.3, -0.25) is 4.79 Å². The summed E-state index contributed by atoms with van der Waals surface area (Å²) in [6.45, 7) is 1.96. The van der Waals surface area contributed by atoms with Crippen LogP contribution in [0.25, 0.3) is 6.08 Å². The predicted molar refractivity (Wildman–Crippen MR) is 56.3 cm³/mol. The summed E-state index contributed by atoms with van der Waals surface area (Å²) in [5.41, 5.74) is 2.72. The minimum Gasteiger partial charge on any atom is -0.298 e. The Morgan fingerprint density at radius 1 is 1.38 bits per heavy atom. The van der Waals surface area contributed by atoms with Crippen molar-refractivity contribution in [3.63, 3.8) is 0 Å². The van der Waals surface area contributed by atoms with Gasteiger partial charge in [0.05, 0.1) is 0 Å². The summed E-state index contributed by atoms with van der Waals surface area (Å²) in [6.07, 6.45) is 4.54. The lowest BCUT2D eigenvalue weighted by atomic mass is 10.1. The molecule has 0 bridgehead atoms. The summed E-state index contributed by atoms with van der Waals surface area (Å²) in [6, 6.07) is 5.75. The van der Waals surface area contributed by atoms with Gasteiger partial charge in [0.1, 0.15) is 0 Å². The molecule has 1 nitrogen and oxygen atoms in total. The highest BCUT2D eigenvalue weighted by Gasteiger charge is 1.97. The number of carbonyl (C=O) groups excluding carboxylic acids is 1. The molecule has 13 heavy (non-hydrogen) atoms. The fraction of sp³-hybridized carbons (Fsp3) is 0.182. The molecular weight excluding hydrogens is 184 g/mol. The van der Waals surface area contributed by atoms with Crippen molar-refractivity contribution in [3.05, 3.63) is 41.0 Å². The van der Waals surface area contributed by atoms with Gasteiger partial charge in [-0.1, -0.05) is 29.8 Å². The average molecular weight is 195 g/mol. The molecule has 0 aliphatic rings. The van der Waals surface area contributed by atoms with E-state index in [2.05, 4.69) is 0 Å². The van der Waals surface area contributed by atoms with Gasteiger partial charge < -0.3 is 0 Å². The molecule has 0 aromatic heterocycles. The maximum atomic E-state index is 10.7. The van der Waals surface area contributed by atoms with Crippen LogP contribution in [0.2, 0.25) is 0 Å². The van der Waals surface area contributed by atoms with Crippen molar-refractivity contribution < 1.29 is 4.79 Å². The zero-order chi connectivity index (χ0) is 9.68. The van der Waals surface area contributed by atoms with E-state index in [-0.39, 0.29) is 0 Å². The first-order chi connectivity index (χ1) is 6.27. The molecule has 2 heteroatoms. The molecule has 1 aromatic rings. The Labute approximate surface area is 83.0 Å². The maximum Gasteiger partial charge on any atom is 0.150 e. The summed E-state index contributed by atoms with van der Waals surface area (Å²) in [7, 11) is 0. The second kappa shape index (κ2) is 4.83. The molecule has 0 atom stereocenters. The molecule has 0 radical (unpaired) electrons. The molecular formula is C11H11ClO. The van der Waals surface area contributed by atoms with Gasteiger partial charge in [0, 0.05) is 11.4 Å². The van der Waals surface area contributed by atoms with E-state index in [4.69, 9.17) is 11.6 Å². The van der Waals surface area contributed by atoms with E-state index in [1.54, 1.807) is 0 Å². The first-order valence-electron chi connectivity index (χ1n) is 4.06.